The second-order valence-electron chi connectivity index (χ2n) is 4.11. The number of rotatable bonds is 2. The third kappa shape index (κ3) is 2.66. The van der Waals surface area contributed by atoms with Crippen LogP contribution in [0.2, 0.25) is 0 Å². The molecule has 0 bridgehead atoms. The van der Waals surface area contributed by atoms with Crippen molar-refractivity contribution >= 4 is 23.4 Å². The van der Waals surface area contributed by atoms with Gasteiger partial charge in [0.05, 0.1) is 17.3 Å². The van der Waals surface area contributed by atoms with Crippen molar-refractivity contribution < 1.29 is 4.79 Å². The minimum atomic E-state index is -0.152. The van der Waals surface area contributed by atoms with Crippen molar-refractivity contribution in [2.24, 2.45) is 0 Å². The quantitative estimate of drug-likeness (QED) is 0.870. The first-order chi connectivity index (χ1) is 8.74. The maximum Gasteiger partial charge on any atom is 0.244 e. The van der Waals surface area contributed by atoms with Crippen LogP contribution in [0.4, 0.5) is 5.69 Å². The van der Waals surface area contributed by atoms with Gasteiger partial charge in [0.15, 0.2) is 0 Å². The lowest BCUT2D eigenvalue weighted by Crippen LogP contribution is -2.49. The number of benzene rings is 1. The number of nitrogens with one attached hydrogen (secondary N) is 1. The highest BCUT2D eigenvalue weighted by Crippen LogP contribution is 2.20. The number of hydrogen-bond donors (Lipinski definition) is 1. The molecule has 5 heteroatoms. The number of nitriles is 1. The fraction of sp³-hybridized carbons (Fsp3) is 0.385. The lowest BCUT2D eigenvalue weighted by molar-refractivity contribution is -0.119. The largest absolute Gasteiger partial charge is 0.313 e. The number of hydrogen-bond acceptors (Lipinski definition) is 4. The monoisotopic (exact) mass is 261 g/mol. The first kappa shape index (κ1) is 12.9. The van der Waals surface area contributed by atoms with Gasteiger partial charge in [0.25, 0.3) is 0 Å². The van der Waals surface area contributed by atoms with Crippen LogP contribution >= 0.6 is 11.8 Å². The molecule has 0 spiro atoms. The van der Waals surface area contributed by atoms with Gasteiger partial charge in [-0.3, -0.25) is 4.79 Å². The highest BCUT2D eigenvalue weighted by Gasteiger charge is 2.25. The minimum Gasteiger partial charge on any atom is -0.313 e. The molecule has 1 heterocycles. The van der Waals surface area contributed by atoms with Crippen LogP contribution in [0.1, 0.15) is 5.56 Å². The number of carbonyl (C=O) groups is 1. The Labute approximate surface area is 111 Å². The molecule has 1 aliphatic heterocycles. The Morgan fingerprint density at radius 3 is 3.00 bits per heavy atom. The second-order valence-corrected chi connectivity index (χ2v) is 5.26. The van der Waals surface area contributed by atoms with E-state index in [-0.39, 0.29) is 11.9 Å². The Hall–Kier alpha value is -1.51. The summed E-state index contributed by atoms with van der Waals surface area (Å²) >= 11 is 1.78. The minimum absolute atomic E-state index is 0.0184. The van der Waals surface area contributed by atoms with E-state index in [4.69, 9.17) is 5.26 Å². The van der Waals surface area contributed by atoms with Crippen molar-refractivity contribution in [2.75, 3.05) is 30.0 Å². The first-order valence-corrected chi connectivity index (χ1v) is 6.97. The number of para-hydroxylation sites is 1. The van der Waals surface area contributed by atoms with Crippen molar-refractivity contribution in [3.8, 4) is 6.07 Å². The van der Waals surface area contributed by atoms with E-state index in [1.165, 1.54) is 0 Å². The molecular formula is C13H15N3OS. The van der Waals surface area contributed by atoms with E-state index in [9.17, 15) is 4.79 Å². The maximum atomic E-state index is 12.3. The van der Waals surface area contributed by atoms with Gasteiger partial charge in [0.2, 0.25) is 5.91 Å². The molecule has 94 valence electrons. The summed E-state index contributed by atoms with van der Waals surface area (Å²) in [6.07, 6.45) is 0. The molecule has 2 rings (SSSR count). The number of likely N-dealkylation sites (N-methyl/N-ethyl adjacent to an activating group) is 1. The molecule has 1 aromatic carbocycles. The van der Waals surface area contributed by atoms with Gasteiger partial charge >= 0.3 is 0 Å². The topological polar surface area (TPSA) is 56.1 Å². The molecule has 18 heavy (non-hydrogen) atoms. The average molecular weight is 261 g/mol. The lowest BCUT2D eigenvalue weighted by atomic mass is 10.1. The molecule has 1 aliphatic rings. The van der Waals surface area contributed by atoms with E-state index >= 15 is 0 Å². The smallest absolute Gasteiger partial charge is 0.244 e. The number of thioether (sulfide) groups is 1. The predicted molar refractivity (Wildman–Crippen MR) is 73.7 cm³/mol. The molecule has 0 aliphatic carbocycles. The highest BCUT2D eigenvalue weighted by molar-refractivity contribution is 7.99. The summed E-state index contributed by atoms with van der Waals surface area (Å²) in [5, 5.41) is 12.3. The van der Waals surface area contributed by atoms with E-state index in [2.05, 4.69) is 11.4 Å². The van der Waals surface area contributed by atoms with Crippen LogP contribution in [0.15, 0.2) is 24.3 Å². The van der Waals surface area contributed by atoms with Gasteiger partial charge in [0, 0.05) is 25.1 Å². The Morgan fingerprint density at radius 2 is 2.33 bits per heavy atom. The van der Waals surface area contributed by atoms with Gasteiger partial charge in [-0.05, 0) is 12.1 Å². The average Bonchev–Trinajstić information content (AvgIpc) is 2.46. The van der Waals surface area contributed by atoms with Crippen molar-refractivity contribution in [3.05, 3.63) is 29.8 Å². The van der Waals surface area contributed by atoms with Crippen LogP contribution in [0, 0.1) is 11.3 Å². The summed E-state index contributed by atoms with van der Waals surface area (Å²) in [4.78, 5) is 13.9. The SMILES string of the molecule is CN(C(=O)C1CSCCN1)c1ccccc1C#N. The molecule has 1 aromatic rings. The van der Waals surface area contributed by atoms with Crippen LogP contribution in [-0.2, 0) is 4.79 Å². The van der Waals surface area contributed by atoms with Gasteiger partial charge in [-0.15, -0.1) is 0 Å². The molecule has 4 nitrogen and oxygen atoms in total. The maximum absolute atomic E-state index is 12.3. The van der Waals surface area contributed by atoms with Crippen LogP contribution in [0.25, 0.3) is 0 Å². The summed E-state index contributed by atoms with van der Waals surface area (Å²) in [6.45, 7) is 0.856. The zero-order valence-corrected chi connectivity index (χ0v) is 11.0. The van der Waals surface area contributed by atoms with Gasteiger partial charge in [-0.25, -0.2) is 0 Å². The number of nitrogens with zero attached hydrogens (tertiary/aromatic N) is 2. The fourth-order valence-corrected chi connectivity index (χ4v) is 2.86. The van der Waals surface area contributed by atoms with Gasteiger partial charge in [0.1, 0.15) is 6.07 Å². The van der Waals surface area contributed by atoms with E-state index < -0.39 is 0 Å². The molecule has 0 aromatic heterocycles. The molecule has 1 amide bonds. The lowest BCUT2D eigenvalue weighted by Gasteiger charge is -2.27. The standard InChI is InChI=1S/C13H15N3OS/c1-16(12-5-3-2-4-10(12)8-14)13(17)11-9-18-7-6-15-11/h2-5,11,15H,6-7,9H2,1H3. The molecular weight excluding hydrogens is 246 g/mol. The Balaban J connectivity index is 2.17. The van der Waals surface area contributed by atoms with Crippen LogP contribution < -0.4 is 10.2 Å². The summed E-state index contributed by atoms with van der Waals surface area (Å²) in [5.74, 6) is 1.85. The second kappa shape index (κ2) is 5.89. The summed E-state index contributed by atoms with van der Waals surface area (Å²) in [5.41, 5.74) is 1.19. The molecule has 1 saturated heterocycles. The summed E-state index contributed by atoms with van der Waals surface area (Å²) < 4.78 is 0. The number of anilines is 1. The van der Waals surface area contributed by atoms with Gasteiger partial charge in [-0.2, -0.15) is 17.0 Å². The fourth-order valence-electron chi connectivity index (χ4n) is 1.94. The third-order valence-corrected chi connectivity index (χ3v) is 4.00. The third-order valence-electron chi connectivity index (χ3n) is 2.94. The van der Waals surface area contributed by atoms with E-state index in [1.54, 1.807) is 41.9 Å². The van der Waals surface area contributed by atoms with Crippen LogP contribution in [0.5, 0.6) is 0 Å². The van der Waals surface area contributed by atoms with E-state index in [0.717, 1.165) is 18.1 Å². The zero-order valence-electron chi connectivity index (χ0n) is 10.2. The van der Waals surface area contributed by atoms with Crippen molar-refractivity contribution in [3.63, 3.8) is 0 Å². The predicted octanol–water partition coefficient (Wildman–Crippen LogP) is 1.23. The molecule has 1 unspecified atom stereocenters. The van der Waals surface area contributed by atoms with Gasteiger partial charge < -0.3 is 10.2 Å². The zero-order chi connectivity index (χ0) is 13.0. The van der Waals surface area contributed by atoms with Gasteiger partial charge in [-0.1, -0.05) is 12.1 Å². The molecule has 0 saturated carbocycles. The first-order valence-electron chi connectivity index (χ1n) is 5.82. The molecule has 1 atom stereocenters. The Kier molecular flexibility index (Phi) is 4.24. The highest BCUT2D eigenvalue weighted by atomic mass is 32.2. The summed E-state index contributed by atoms with van der Waals surface area (Å²) in [7, 11) is 1.72. The molecule has 0 radical (unpaired) electrons. The van der Waals surface area contributed by atoms with Crippen LogP contribution in [0.3, 0.4) is 0 Å². The van der Waals surface area contributed by atoms with Crippen molar-refractivity contribution in [1.82, 2.24) is 5.32 Å². The van der Waals surface area contributed by atoms with E-state index in [0.29, 0.717) is 11.3 Å². The van der Waals surface area contributed by atoms with Crippen LogP contribution in [-0.4, -0.2) is 37.0 Å². The molecule has 1 N–H and O–H groups in total. The normalized spacial score (nSPS) is 19.0. The Morgan fingerprint density at radius 1 is 1.56 bits per heavy atom. The summed E-state index contributed by atoms with van der Waals surface area (Å²) in [6, 6.07) is 9.12. The number of amides is 1. The molecule has 1 fully saturated rings. The number of carbonyl (C=O) groups excluding carboxylic acids is 1. The Bertz CT molecular complexity index is 477. The van der Waals surface area contributed by atoms with E-state index in [1.807, 2.05) is 6.07 Å². The van der Waals surface area contributed by atoms with Crippen molar-refractivity contribution in [2.45, 2.75) is 6.04 Å². The van der Waals surface area contributed by atoms with Crippen molar-refractivity contribution in [1.29, 1.82) is 5.26 Å².